The van der Waals surface area contributed by atoms with E-state index in [2.05, 4.69) is 0 Å². The number of nitrogens with zero attached hydrogens (tertiary/aromatic N) is 1. The van der Waals surface area contributed by atoms with Crippen molar-refractivity contribution in [1.82, 2.24) is 3.82 Å². The van der Waals surface area contributed by atoms with Crippen LogP contribution in [0.5, 0.6) is 0 Å². The Labute approximate surface area is 82.6 Å². The standard InChI is InChI=1S/C7H6ClNO3S/c8-9(13(11)12)7(10)6-4-2-1-3-5-6/h1-5H,(H,11,12)/p-1. The monoisotopic (exact) mass is 218 g/mol. The summed E-state index contributed by atoms with van der Waals surface area (Å²) in [5, 5.41) is 0. The van der Waals surface area contributed by atoms with Gasteiger partial charge in [-0.1, -0.05) is 18.2 Å². The molecule has 0 aliphatic rings. The van der Waals surface area contributed by atoms with Gasteiger partial charge in [-0.05, 0) is 12.1 Å². The fraction of sp³-hybridized carbons (Fsp3) is 0. The molecule has 1 amide bonds. The number of hydrogen-bond acceptors (Lipinski definition) is 3. The van der Waals surface area contributed by atoms with E-state index in [0.29, 0.717) is 0 Å². The molecular weight excluding hydrogens is 214 g/mol. The number of rotatable bonds is 2. The molecule has 0 spiro atoms. The third-order valence-electron chi connectivity index (χ3n) is 1.31. The van der Waals surface area contributed by atoms with Crippen LogP contribution in [-0.2, 0) is 11.3 Å². The molecule has 0 radical (unpaired) electrons. The molecule has 0 saturated heterocycles. The molecule has 0 fully saturated rings. The second-order valence-electron chi connectivity index (χ2n) is 2.13. The first-order chi connectivity index (χ1) is 6.13. The molecule has 0 N–H and O–H groups in total. The van der Waals surface area contributed by atoms with Crippen molar-refractivity contribution in [3.05, 3.63) is 35.9 Å². The largest absolute Gasteiger partial charge is 0.754 e. The molecule has 1 rings (SSSR count). The summed E-state index contributed by atoms with van der Waals surface area (Å²) in [4.78, 5) is 11.2. The SMILES string of the molecule is O=C(c1ccccc1)N(Cl)S(=O)[O-]. The summed E-state index contributed by atoms with van der Waals surface area (Å²) < 4.78 is 20.7. The number of benzene rings is 1. The fourth-order valence-electron chi connectivity index (χ4n) is 0.750. The van der Waals surface area contributed by atoms with Gasteiger partial charge in [-0.15, -0.1) is 0 Å². The normalized spacial score (nSPS) is 12.2. The van der Waals surface area contributed by atoms with Crippen molar-refractivity contribution >= 4 is 29.0 Å². The number of amides is 1. The Morgan fingerprint density at radius 1 is 1.38 bits per heavy atom. The highest BCUT2D eigenvalue weighted by atomic mass is 35.5. The van der Waals surface area contributed by atoms with Gasteiger partial charge < -0.3 is 4.55 Å². The maximum absolute atomic E-state index is 11.2. The Balaban J connectivity index is 2.86. The lowest BCUT2D eigenvalue weighted by atomic mass is 10.2. The highest BCUT2D eigenvalue weighted by Gasteiger charge is 2.13. The third-order valence-corrected chi connectivity index (χ3v) is 2.23. The van der Waals surface area contributed by atoms with Gasteiger partial charge in [0.25, 0.3) is 5.91 Å². The van der Waals surface area contributed by atoms with Crippen LogP contribution in [-0.4, -0.2) is 18.5 Å². The van der Waals surface area contributed by atoms with Gasteiger partial charge in [0.2, 0.25) is 0 Å². The lowest BCUT2D eigenvalue weighted by molar-refractivity contribution is 0.0921. The first-order valence-corrected chi connectivity index (χ1v) is 4.64. The Hall–Kier alpha value is -0.910. The molecule has 6 heteroatoms. The molecule has 0 aromatic heterocycles. The molecule has 0 saturated carbocycles. The van der Waals surface area contributed by atoms with Crippen LogP contribution in [0.1, 0.15) is 10.4 Å². The Morgan fingerprint density at radius 2 is 1.92 bits per heavy atom. The zero-order valence-electron chi connectivity index (χ0n) is 6.34. The lowest BCUT2D eigenvalue weighted by Crippen LogP contribution is -2.23. The van der Waals surface area contributed by atoms with E-state index in [1.807, 2.05) is 0 Å². The highest BCUT2D eigenvalue weighted by molar-refractivity contribution is 7.78. The minimum Gasteiger partial charge on any atom is -0.754 e. The predicted molar refractivity (Wildman–Crippen MR) is 47.4 cm³/mol. The maximum atomic E-state index is 11.2. The Kier molecular flexibility index (Phi) is 3.41. The second kappa shape index (κ2) is 4.36. The molecular formula is C7H5ClNO3S-. The topological polar surface area (TPSA) is 60.4 Å². The van der Waals surface area contributed by atoms with Gasteiger partial charge in [0, 0.05) is 17.3 Å². The van der Waals surface area contributed by atoms with Crippen molar-refractivity contribution in [2.24, 2.45) is 0 Å². The van der Waals surface area contributed by atoms with Gasteiger partial charge in [-0.25, -0.2) is 0 Å². The van der Waals surface area contributed by atoms with E-state index in [4.69, 9.17) is 11.8 Å². The van der Waals surface area contributed by atoms with Crippen LogP contribution in [0.25, 0.3) is 0 Å². The number of halogens is 1. The summed E-state index contributed by atoms with van der Waals surface area (Å²) in [5.41, 5.74) is 0.224. The summed E-state index contributed by atoms with van der Waals surface area (Å²) in [7, 11) is 0. The summed E-state index contributed by atoms with van der Waals surface area (Å²) in [6.07, 6.45) is 0. The minimum absolute atomic E-state index is 0.120. The van der Waals surface area contributed by atoms with E-state index >= 15 is 0 Å². The molecule has 70 valence electrons. The average molecular weight is 219 g/mol. The average Bonchev–Trinajstić information content (AvgIpc) is 2.17. The zero-order chi connectivity index (χ0) is 9.84. The van der Waals surface area contributed by atoms with Crippen molar-refractivity contribution in [3.63, 3.8) is 0 Å². The van der Waals surface area contributed by atoms with Crippen molar-refractivity contribution in [3.8, 4) is 0 Å². The smallest absolute Gasteiger partial charge is 0.279 e. The quantitative estimate of drug-likeness (QED) is 0.551. The van der Waals surface area contributed by atoms with Crippen molar-refractivity contribution in [2.75, 3.05) is 0 Å². The molecule has 0 bridgehead atoms. The van der Waals surface area contributed by atoms with Gasteiger partial charge in [0.05, 0.1) is 11.3 Å². The van der Waals surface area contributed by atoms with Gasteiger partial charge in [0.1, 0.15) is 0 Å². The Morgan fingerprint density at radius 3 is 2.38 bits per heavy atom. The molecule has 4 nitrogen and oxygen atoms in total. The molecule has 1 atom stereocenters. The number of hydrogen-bond donors (Lipinski definition) is 0. The van der Waals surface area contributed by atoms with Gasteiger partial charge in [-0.2, -0.15) is 3.82 Å². The highest BCUT2D eigenvalue weighted by Crippen LogP contribution is 2.07. The molecule has 1 unspecified atom stereocenters. The van der Waals surface area contributed by atoms with E-state index in [0.717, 1.165) is 0 Å². The summed E-state index contributed by atoms with van der Waals surface area (Å²) in [6.45, 7) is 0. The number of carbonyl (C=O) groups is 1. The van der Waals surface area contributed by atoms with Crippen molar-refractivity contribution in [1.29, 1.82) is 0 Å². The van der Waals surface area contributed by atoms with E-state index in [1.165, 1.54) is 12.1 Å². The van der Waals surface area contributed by atoms with Crippen molar-refractivity contribution in [2.45, 2.75) is 0 Å². The molecule has 0 heterocycles. The van der Waals surface area contributed by atoms with Crippen LogP contribution >= 0.6 is 11.8 Å². The molecule has 0 aliphatic heterocycles. The van der Waals surface area contributed by atoms with Gasteiger partial charge in [0.15, 0.2) is 0 Å². The maximum Gasteiger partial charge on any atom is 0.279 e. The first kappa shape index (κ1) is 10.2. The van der Waals surface area contributed by atoms with Crippen molar-refractivity contribution < 1.29 is 13.6 Å². The fourth-order valence-corrected chi connectivity index (χ4v) is 1.09. The van der Waals surface area contributed by atoms with E-state index in [-0.39, 0.29) is 9.39 Å². The third kappa shape index (κ3) is 2.51. The van der Waals surface area contributed by atoms with Gasteiger partial charge >= 0.3 is 0 Å². The van der Waals surface area contributed by atoms with Crippen LogP contribution in [0.2, 0.25) is 0 Å². The Bertz CT molecular complexity index is 330. The zero-order valence-corrected chi connectivity index (χ0v) is 7.92. The molecule has 0 aliphatic carbocycles. The first-order valence-electron chi connectivity index (χ1n) is 3.27. The summed E-state index contributed by atoms with van der Waals surface area (Å²) >= 11 is 2.43. The predicted octanol–water partition coefficient (Wildman–Crippen LogP) is 1.08. The van der Waals surface area contributed by atoms with Crippen LogP contribution in [0.15, 0.2) is 30.3 Å². The van der Waals surface area contributed by atoms with Crippen LogP contribution in [0.4, 0.5) is 0 Å². The van der Waals surface area contributed by atoms with Crippen LogP contribution in [0, 0.1) is 0 Å². The van der Waals surface area contributed by atoms with E-state index in [1.54, 1.807) is 18.2 Å². The molecule has 1 aromatic rings. The van der Waals surface area contributed by atoms with Crippen LogP contribution in [0.3, 0.4) is 0 Å². The van der Waals surface area contributed by atoms with E-state index in [9.17, 15) is 13.6 Å². The van der Waals surface area contributed by atoms with E-state index < -0.39 is 17.2 Å². The van der Waals surface area contributed by atoms with Gasteiger partial charge in [-0.3, -0.25) is 9.00 Å². The second-order valence-corrected chi connectivity index (χ2v) is 3.47. The molecule has 13 heavy (non-hydrogen) atoms. The van der Waals surface area contributed by atoms with Crippen LogP contribution < -0.4 is 0 Å². The summed E-state index contributed by atoms with van der Waals surface area (Å²) in [5.74, 6) is -0.768. The minimum atomic E-state index is -2.74. The lowest BCUT2D eigenvalue weighted by Gasteiger charge is -2.14. The molecule has 1 aromatic carbocycles. The number of carbonyl (C=O) groups excluding carboxylic acids is 1. The summed E-state index contributed by atoms with van der Waals surface area (Å²) in [6, 6.07) is 7.90.